The Kier molecular flexibility index (Phi) is 3.65. The molecule has 1 atom stereocenters. The minimum absolute atomic E-state index is 0.0000274. The maximum atomic E-state index is 10.8. The van der Waals surface area contributed by atoms with Gasteiger partial charge in [0, 0.05) is 22.0 Å². The second-order valence-electron chi connectivity index (χ2n) is 5.13. The number of aromatic amines is 1. The lowest BCUT2D eigenvalue weighted by Gasteiger charge is -2.14. The largest absolute Gasteiger partial charge is 0.361 e. The van der Waals surface area contributed by atoms with E-state index in [-0.39, 0.29) is 17.4 Å². The molecule has 18 heavy (non-hydrogen) atoms. The number of aromatic nitrogens is 1. The van der Waals surface area contributed by atoms with E-state index in [4.69, 9.17) is 0 Å². The number of nitro groups is 1. The molecule has 0 spiro atoms. The SMILES string of the molecule is CC(C)CC(C[N+](=O)[O-])c1c[nH]c2ccccc12. The Morgan fingerprint density at radius 3 is 2.72 bits per heavy atom. The van der Waals surface area contributed by atoms with E-state index in [0.717, 1.165) is 22.9 Å². The molecule has 0 saturated carbocycles. The van der Waals surface area contributed by atoms with Crippen molar-refractivity contribution in [1.29, 1.82) is 0 Å². The molecule has 2 aromatic rings. The molecule has 0 aliphatic carbocycles. The van der Waals surface area contributed by atoms with Crippen molar-refractivity contribution in [2.24, 2.45) is 5.92 Å². The van der Waals surface area contributed by atoms with Crippen molar-refractivity contribution >= 4 is 10.9 Å². The second-order valence-corrected chi connectivity index (χ2v) is 5.13. The number of benzene rings is 1. The summed E-state index contributed by atoms with van der Waals surface area (Å²) in [7, 11) is 0. The molecule has 0 radical (unpaired) electrons. The Morgan fingerprint density at radius 2 is 2.06 bits per heavy atom. The minimum Gasteiger partial charge on any atom is -0.361 e. The van der Waals surface area contributed by atoms with Crippen LogP contribution in [0.3, 0.4) is 0 Å². The van der Waals surface area contributed by atoms with Crippen LogP contribution in [0.2, 0.25) is 0 Å². The van der Waals surface area contributed by atoms with E-state index in [1.807, 2.05) is 30.5 Å². The predicted molar refractivity (Wildman–Crippen MR) is 72.4 cm³/mol. The minimum atomic E-state index is -0.213. The van der Waals surface area contributed by atoms with E-state index in [1.165, 1.54) is 0 Å². The van der Waals surface area contributed by atoms with Gasteiger partial charge in [-0.25, -0.2) is 0 Å². The van der Waals surface area contributed by atoms with Crippen molar-refractivity contribution in [3.05, 3.63) is 46.1 Å². The number of para-hydroxylation sites is 1. The number of nitrogens with zero attached hydrogens (tertiary/aromatic N) is 1. The topological polar surface area (TPSA) is 58.9 Å². The molecule has 1 aromatic carbocycles. The van der Waals surface area contributed by atoms with Crippen LogP contribution in [0, 0.1) is 16.0 Å². The molecule has 4 heteroatoms. The summed E-state index contributed by atoms with van der Waals surface area (Å²) < 4.78 is 0. The Labute approximate surface area is 106 Å². The van der Waals surface area contributed by atoms with Gasteiger partial charge in [0.15, 0.2) is 0 Å². The average molecular weight is 246 g/mol. The lowest BCUT2D eigenvalue weighted by atomic mass is 9.90. The fourth-order valence-electron chi connectivity index (χ4n) is 2.48. The summed E-state index contributed by atoms with van der Waals surface area (Å²) in [5.41, 5.74) is 2.11. The summed E-state index contributed by atoms with van der Waals surface area (Å²) >= 11 is 0. The first-order valence-corrected chi connectivity index (χ1v) is 6.25. The van der Waals surface area contributed by atoms with Gasteiger partial charge >= 0.3 is 0 Å². The Bertz CT molecular complexity index is 545. The highest BCUT2D eigenvalue weighted by atomic mass is 16.6. The van der Waals surface area contributed by atoms with Crippen LogP contribution in [-0.2, 0) is 0 Å². The summed E-state index contributed by atoms with van der Waals surface area (Å²) in [6.07, 6.45) is 2.75. The number of H-pyrrole nitrogens is 1. The molecule has 0 aliphatic rings. The van der Waals surface area contributed by atoms with Gasteiger partial charge in [0.1, 0.15) is 0 Å². The molecule has 1 N–H and O–H groups in total. The standard InChI is InChI=1S/C14H18N2O2/c1-10(2)7-11(9-16(17)18)13-8-15-14-6-4-3-5-12(13)14/h3-6,8,10-11,15H,7,9H2,1-2H3. The molecule has 96 valence electrons. The van der Waals surface area contributed by atoms with Crippen molar-refractivity contribution in [3.8, 4) is 0 Å². The number of nitrogens with one attached hydrogen (secondary N) is 1. The quantitative estimate of drug-likeness (QED) is 0.647. The Morgan fingerprint density at radius 1 is 1.33 bits per heavy atom. The number of rotatable bonds is 5. The van der Waals surface area contributed by atoms with Gasteiger partial charge in [-0.1, -0.05) is 32.0 Å². The van der Waals surface area contributed by atoms with Crippen molar-refractivity contribution in [3.63, 3.8) is 0 Å². The molecule has 1 aromatic heterocycles. The summed E-state index contributed by atoms with van der Waals surface area (Å²) in [5.74, 6) is 0.430. The van der Waals surface area contributed by atoms with E-state index < -0.39 is 0 Å². The summed E-state index contributed by atoms with van der Waals surface area (Å²) in [6.45, 7) is 4.20. The van der Waals surface area contributed by atoms with Crippen molar-refractivity contribution in [2.45, 2.75) is 26.2 Å². The zero-order valence-corrected chi connectivity index (χ0v) is 10.7. The summed E-state index contributed by atoms with van der Waals surface area (Å²) in [6, 6.07) is 7.96. The van der Waals surface area contributed by atoms with Crippen molar-refractivity contribution in [1.82, 2.24) is 4.98 Å². The summed E-state index contributed by atoms with van der Waals surface area (Å²) in [5, 5.41) is 11.9. The zero-order chi connectivity index (χ0) is 13.1. The van der Waals surface area contributed by atoms with Gasteiger partial charge in [-0.2, -0.15) is 0 Å². The molecule has 2 rings (SSSR count). The maximum absolute atomic E-state index is 10.8. The van der Waals surface area contributed by atoms with Crippen LogP contribution in [0.15, 0.2) is 30.5 Å². The van der Waals surface area contributed by atoms with E-state index >= 15 is 0 Å². The van der Waals surface area contributed by atoms with Crippen molar-refractivity contribution in [2.75, 3.05) is 6.54 Å². The van der Waals surface area contributed by atoms with E-state index in [9.17, 15) is 10.1 Å². The predicted octanol–water partition coefficient (Wildman–Crippen LogP) is 3.57. The molecule has 0 bridgehead atoms. The van der Waals surface area contributed by atoms with Gasteiger partial charge in [-0.15, -0.1) is 0 Å². The van der Waals surface area contributed by atoms with Gasteiger partial charge in [0.05, 0.1) is 5.92 Å². The summed E-state index contributed by atoms with van der Waals surface area (Å²) in [4.78, 5) is 13.8. The van der Waals surface area contributed by atoms with E-state index in [0.29, 0.717) is 5.92 Å². The molecular formula is C14H18N2O2. The highest BCUT2D eigenvalue weighted by molar-refractivity contribution is 5.83. The fraction of sp³-hybridized carbons (Fsp3) is 0.429. The zero-order valence-electron chi connectivity index (χ0n) is 10.7. The maximum Gasteiger partial charge on any atom is 0.210 e. The third-order valence-electron chi connectivity index (χ3n) is 3.19. The first-order valence-electron chi connectivity index (χ1n) is 6.25. The molecule has 0 fully saturated rings. The van der Waals surface area contributed by atoms with Crippen LogP contribution in [0.4, 0.5) is 0 Å². The highest BCUT2D eigenvalue weighted by Gasteiger charge is 2.22. The normalized spacial score (nSPS) is 13.1. The van der Waals surface area contributed by atoms with E-state index in [1.54, 1.807) is 0 Å². The molecule has 0 saturated heterocycles. The monoisotopic (exact) mass is 246 g/mol. The van der Waals surface area contributed by atoms with Gasteiger partial charge in [-0.05, 0) is 24.0 Å². The Hall–Kier alpha value is -1.84. The molecule has 4 nitrogen and oxygen atoms in total. The molecule has 1 heterocycles. The third kappa shape index (κ3) is 2.70. The van der Waals surface area contributed by atoms with Crippen LogP contribution >= 0.6 is 0 Å². The average Bonchev–Trinajstić information content (AvgIpc) is 2.70. The van der Waals surface area contributed by atoms with Gasteiger partial charge in [0.25, 0.3) is 0 Å². The number of fused-ring (bicyclic) bond motifs is 1. The first kappa shape index (κ1) is 12.6. The number of hydrogen-bond donors (Lipinski definition) is 1. The molecular weight excluding hydrogens is 228 g/mol. The number of hydrogen-bond acceptors (Lipinski definition) is 2. The smallest absolute Gasteiger partial charge is 0.210 e. The third-order valence-corrected chi connectivity index (χ3v) is 3.19. The first-order chi connectivity index (χ1) is 8.58. The lowest BCUT2D eigenvalue weighted by Crippen LogP contribution is -2.14. The molecule has 0 aliphatic heterocycles. The van der Waals surface area contributed by atoms with Gasteiger partial charge in [-0.3, -0.25) is 10.1 Å². The van der Waals surface area contributed by atoms with Crippen LogP contribution in [0.1, 0.15) is 31.7 Å². The van der Waals surface area contributed by atoms with Crippen LogP contribution < -0.4 is 0 Å². The fourth-order valence-corrected chi connectivity index (χ4v) is 2.48. The second kappa shape index (κ2) is 5.21. The van der Waals surface area contributed by atoms with E-state index in [2.05, 4.69) is 18.8 Å². The molecule has 1 unspecified atom stereocenters. The van der Waals surface area contributed by atoms with Crippen molar-refractivity contribution < 1.29 is 4.92 Å². The lowest BCUT2D eigenvalue weighted by molar-refractivity contribution is -0.483. The molecule has 0 amide bonds. The Balaban J connectivity index is 2.37. The van der Waals surface area contributed by atoms with Crippen LogP contribution in [0.5, 0.6) is 0 Å². The van der Waals surface area contributed by atoms with Crippen LogP contribution in [0.25, 0.3) is 10.9 Å². The van der Waals surface area contributed by atoms with Crippen LogP contribution in [-0.4, -0.2) is 16.5 Å². The highest BCUT2D eigenvalue weighted by Crippen LogP contribution is 2.30. The van der Waals surface area contributed by atoms with Gasteiger partial charge < -0.3 is 4.98 Å². The van der Waals surface area contributed by atoms with Gasteiger partial charge in [0.2, 0.25) is 6.54 Å².